The van der Waals surface area contributed by atoms with Gasteiger partial charge in [0.2, 0.25) is 0 Å². The standard InChI is InChI=1S/C10H16N3O/c1-7(2)12-10(5-14)13-6-11-8(3)9(13)4/h5,7,10,12H,1-4H3. The molecule has 0 amide bonds. The maximum absolute atomic E-state index is 10.9. The molecule has 77 valence electrons. The minimum atomic E-state index is -0.365. The second-order valence-electron chi connectivity index (χ2n) is 3.65. The maximum Gasteiger partial charge on any atom is 0.178 e. The molecule has 1 unspecified atom stereocenters. The molecule has 14 heavy (non-hydrogen) atoms. The van der Waals surface area contributed by atoms with E-state index in [0.29, 0.717) is 0 Å². The SMILES string of the molecule is Cc1n[c]n(C(C=O)NC(C)C)c1C. The molecule has 1 aromatic heterocycles. The topological polar surface area (TPSA) is 46.9 Å². The lowest BCUT2D eigenvalue weighted by molar-refractivity contribution is -0.111. The highest BCUT2D eigenvalue weighted by molar-refractivity contribution is 5.55. The van der Waals surface area contributed by atoms with Gasteiger partial charge < -0.3 is 4.57 Å². The van der Waals surface area contributed by atoms with Gasteiger partial charge in [-0.15, -0.1) is 0 Å². The zero-order valence-corrected chi connectivity index (χ0v) is 9.03. The van der Waals surface area contributed by atoms with Crippen LogP contribution in [0, 0.1) is 20.2 Å². The average Bonchev–Trinajstić information content (AvgIpc) is 2.44. The summed E-state index contributed by atoms with van der Waals surface area (Å²) in [6, 6.07) is 0.251. The Morgan fingerprint density at radius 1 is 1.50 bits per heavy atom. The molecule has 0 aliphatic heterocycles. The van der Waals surface area contributed by atoms with Crippen molar-refractivity contribution >= 4 is 6.29 Å². The second kappa shape index (κ2) is 4.37. The predicted molar refractivity (Wildman–Crippen MR) is 53.9 cm³/mol. The van der Waals surface area contributed by atoms with Gasteiger partial charge >= 0.3 is 0 Å². The fourth-order valence-corrected chi connectivity index (χ4v) is 1.25. The van der Waals surface area contributed by atoms with Crippen LogP contribution < -0.4 is 5.32 Å². The summed E-state index contributed by atoms with van der Waals surface area (Å²) in [5.41, 5.74) is 1.87. The zero-order chi connectivity index (χ0) is 10.7. The number of aryl methyl sites for hydroxylation is 1. The molecule has 1 radical (unpaired) electrons. The monoisotopic (exact) mass is 194 g/mol. The molecule has 4 nitrogen and oxygen atoms in total. The van der Waals surface area contributed by atoms with E-state index in [9.17, 15) is 4.79 Å². The molecule has 0 bridgehead atoms. The van der Waals surface area contributed by atoms with Gasteiger partial charge in [-0.2, -0.15) is 0 Å². The van der Waals surface area contributed by atoms with E-state index >= 15 is 0 Å². The number of carbonyl (C=O) groups excluding carboxylic acids is 1. The summed E-state index contributed by atoms with van der Waals surface area (Å²) in [7, 11) is 0. The molecule has 4 heteroatoms. The summed E-state index contributed by atoms with van der Waals surface area (Å²) in [6.45, 7) is 7.82. The normalized spacial score (nSPS) is 13.2. The first-order valence-electron chi connectivity index (χ1n) is 4.70. The van der Waals surface area contributed by atoms with Crippen molar-refractivity contribution < 1.29 is 4.79 Å². The number of rotatable bonds is 4. The highest BCUT2D eigenvalue weighted by Crippen LogP contribution is 2.09. The van der Waals surface area contributed by atoms with Gasteiger partial charge in [0.1, 0.15) is 6.17 Å². The zero-order valence-electron chi connectivity index (χ0n) is 9.03. The Morgan fingerprint density at radius 3 is 2.50 bits per heavy atom. The van der Waals surface area contributed by atoms with E-state index in [0.717, 1.165) is 17.7 Å². The third-order valence-corrected chi connectivity index (χ3v) is 2.12. The minimum absolute atomic E-state index is 0.251. The van der Waals surface area contributed by atoms with E-state index in [-0.39, 0.29) is 12.2 Å². The Labute approximate surface area is 84.3 Å². The minimum Gasteiger partial charge on any atom is -0.302 e. The molecule has 0 saturated carbocycles. The van der Waals surface area contributed by atoms with Crippen molar-refractivity contribution in [1.29, 1.82) is 0 Å². The summed E-state index contributed by atoms with van der Waals surface area (Å²) in [4.78, 5) is 14.9. The Balaban J connectivity index is 2.89. The molecule has 1 atom stereocenters. The van der Waals surface area contributed by atoms with E-state index in [4.69, 9.17) is 0 Å². The van der Waals surface area contributed by atoms with Crippen LogP contribution in [0.1, 0.15) is 31.4 Å². The number of aromatic nitrogens is 2. The fraction of sp³-hybridized carbons (Fsp3) is 0.600. The summed E-state index contributed by atoms with van der Waals surface area (Å²) >= 11 is 0. The van der Waals surface area contributed by atoms with Crippen molar-refractivity contribution in [2.24, 2.45) is 0 Å². The van der Waals surface area contributed by atoms with Crippen LogP contribution >= 0.6 is 0 Å². The third kappa shape index (κ3) is 2.20. The number of carbonyl (C=O) groups is 1. The highest BCUT2D eigenvalue weighted by Gasteiger charge is 2.14. The summed E-state index contributed by atoms with van der Waals surface area (Å²) in [6.07, 6.45) is 3.30. The van der Waals surface area contributed by atoms with Crippen molar-refractivity contribution in [2.45, 2.75) is 39.9 Å². The molecule has 1 N–H and O–H groups in total. The molecular formula is C10H16N3O. The molecule has 1 aromatic rings. The number of nitrogens with one attached hydrogen (secondary N) is 1. The maximum atomic E-state index is 10.9. The van der Waals surface area contributed by atoms with Gasteiger partial charge in [0.15, 0.2) is 12.6 Å². The summed E-state index contributed by atoms with van der Waals surface area (Å²) in [5.74, 6) is 0. The molecule has 1 rings (SSSR count). The summed E-state index contributed by atoms with van der Waals surface area (Å²) in [5, 5.41) is 3.12. The van der Waals surface area contributed by atoms with Crippen LogP contribution in [0.15, 0.2) is 0 Å². The van der Waals surface area contributed by atoms with E-state index in [1.807, 2.05) is 27.7 Å². The van der Waals surface area contributed by atoms with Crippen molar-refractivity contribution in [1.82, 2.24) is 14.9 Å². The molecule has 0 aromatic carbocycles. The van der Waals surface area contributed by atoms with E-state index in [1.54, 1.807) is 4.57 Å². The number of nitrogens with zero attached hydrogens (tertiary/aromatic N) is 2. The van der Waals surface area contributed by atoms with Crippen LogP contribution in [0.3, 0.4) is 0 Å². The van der Waals surface area contributed by atoms with Crippen molar-refractivity contribution in [3.8, 4) is 0 Å². The molecule has 0 spiro atoms. The predicted octanol–water partition coefficient (Wildman–Crippen LogP) is 0.996. The molecular weight excluding hydrogens is 178 g/mol. The second-order valence-corrected chi connectivity index (χ2v) is 3.65. The Morgan fingerprint density at radius 2 is 2.14 bits per heavy atom. The molecule has 0 fully saturated rings. The van der Waals surface area contributed by atoms with Crippen LogP contribution in [0.25, 0.3) is 0 Å². The molecule has 0 aliphatic carbocycles. The smallest absolute Gasteiger partial charge is 0.178 e. The van der Waals surface area contributed by atoms with Gasteiger partial charge in [-0.05, 0) is 27.7 Å². The highest BCUT2D eigenvalue weighted by atomic mass is 16.1. The van der Waals surface area contributed by atoms with Crippen LogP contribution in [-0.4, -0.2) is 21.9 Å². The van der Waals surface area contributed by atoms with Crippen LogP contribution in [0.5, 0.6) is 0 Å². The largest absolute Gasteiger partial charge is 0.302 e. The van der Waals surface area contributed by atoms with E-state index in [2.05, 4.69) is 16.6 Å². The van der Waals surface area contributed by atoms with Crippen molar-refractivity contribution in [2.75, 3.05) is 0 Å². The van der Waals surface area contributed by atoms with E-state index < -0.39 is 0 Å². The van der Waals surface area contributed by atoms with Gasteiger partial charge in [0, 0.05) is 11.7 Å². The fourth-order valence-electron chi connectivity index (χ4n) is 1.25. The number of imidazole rings is 1. The molecule has 0 aliphatic rings. The van der Waals surface area contributed by atoms with Gasteiger partial charge in [0.05, 0.1) is 5.69 Å². The Hall–Kier alpha value is -1.16. The first-order valence-corrected chi connectivity index (χ1v) is 4.70. The van der Waals surface area contributed by atoms with Crippen molar-refractivity contribution in [3.05, 3.63) is 17.7 Å². The van der Waals surface area contributed by atoms with E-state index in [1.165, 1.54) is 0 Å². The number of aldehydes is 1. The lowest BCUT2D eigenvalue weighted by atomic mass is 10.3. The van der Waals surface area contributed by atoms with Gasteiger partial charge in [0.25, 0.3) is 0 Å². The van der Waals surface area contributed by atoms with Gasteiger partial charge in [-0.1, -0.05) is 0 Å². The van der Waals surface area contributed by atoms with Crippen molar-refractivity contribution in [3.63, 3.8) is 0 Å². The number of hydrogen-bond acceptors (Lipinski definition) is 3. The van der Waals surface area contributed by atoms with Crippen LogP contribution in [0.4, 0.5) is 0 Å². The average molecular weight is 194 g/mol. The van der Waals surface area contributed by atoms with Gasteiger partial charge in [-0.3, -0.25) is 10.1 Å². The quantitative estimate of drug-likeness (QED) is 0.727. The number of hydrogen-bond donors (Lipinski definition) is 1. The van der Waals surface area contributed by atoms with Gasteiger partial charge in [-0.25, -0.2) is 4.98 Å². The lowest BCUT2D eigenvalue weighted by Crippen LogP contribution is -2.33. The molecule has 0 saturated heterocycles. The lowest BCUT2D eigenvalue weighted by Gasteiger charge is -2.17. The third-order valence-electron chi connectivity index (χ3n) is 2.12. The first kappa shape index (κ1) is 10.9. The van der Waals surface area contributed by atoms with Crippen LogP contribution in [0.2, 0.25) is 0 Å². The Bertz CT molecular complexity index is 317. The Kier molecular flexibility index (Phi) is 3.41. The molecule has 1 heterocycles. The first-order chi connectivity index (χ1) is 6.56. The van der Waals surface area contributed by atoms with Crippen LogP contribution in [-0.2, 0) is 4.79 Å². The summed E-state index contributed by atoms with van der Waals surface area (Å²) < 4.78 is 1.72.